The van der Waals surface area contributed by atoms with Gasteiger partial charge in [-0.05, 0) is 12.8 Å². The molecule has 1 heterocycles. The van der Waals surface area contributed by atoms with Crippen LogP contribution in [0.1, 0.15) is 12.8 Å². The molecule has 0 aromatic heterocycles. The lowest BCUT2D eigenvalue weighted by Gasteiger charge is -1.99. The van der Waals surface area contributed by atoms with Gasteiger partial charge in [0.25, 0.3) is 0 Å². The summed E-state index contributed by atoms with van der Waals surface area (Å²) in [6, 6.07) is 0.389. The van der Waals surface area contributed by atoms with E-state index in [1.165, 1.54) is 6.42 Å². The Kier molecular flexibility index (Phi) is 1.65. The first-order valence-electron chi connectivity index (χ1n) is 2.74. The van der Waals surface area contributed by atoms with Crippen molar-refractivity contribution in [1.29, 1.82) is 0 Å². The van der Waals surface area contributed by atoms with Crippen LogP contribution in [-0.2, 0) is 0 Å². The predicted molar refractivity (Wildman–Crippen MR) is 28.0 cm³/mol. The highest BCUT2D eigenvalue weighted by molar-refractivity contribution is 4.72. The van der Waals surface area contributed by atoms with Crippen molar-refractivity contribution in [3.8, 4) is 0 Å². The van der Waals surface area contributed by atoms with Gasteiger partial charge in [0.15, 0.2) is 0 Å². The van der Waals surface area contributed by atoms with Crippen LogP contribution in [0.5, 0.6) is 0 Å². The SMILES string of the molecule is [NH]C[C@@H]1CCC[N]1. The second-order valence-electron chi connectivity index (χ2n) is 1.91. The third kappa shape index (κ3) is 1.14. The van der Waals surface area contributed by atoms with Crippen molar-refractivity contribution in [3.63, 3.8) is 0 Å². The van der Waals surface area contributed by atoms with Gasteiger partial charge in [0.2, 0.25) is 0 Å². The van der Waals surface area contributed by atoms with Crippen LogP contribution in [0.4, 0.5) is 0 Å². The van der Waals surface area contributed by atoms with Crippen molar-refractivity contribution in [2.45, 2.75) is 18.9 Å². The van der Waals surface area contributed by atoms with E-state index in [1.54, 1.807) is 0 Å². The minimum atomic E-state index is 0.389. The summed E-state index contributed by atoms with van der Waals surface area (Å²) in [6.45, 7) is 1.50. The average Bonchev–Trinajstić information content (AvgIpc) is 2.14. The first kappa shape index (κ1) is 5.06. The standard InChI is InChI=1S/C5H10N2/c6-4-5-2-1-3-7-5/h5-6H,1-4H2/t5-/m0/s1. The lowest BCUT2D eigenvalue weighted by molar-refractivity contribution is 0.598. The lowest BCUT2D eigenvalue weighted by Crippen LogP contribution is -2.18. The van der Waals surface area contributed by atoms with Crippen LogP contribution in [0.3, 0.4) is 0 Å². The van der Waals surface area contributed by atoms with E-state index >= 15 is 0 Å². The molecule has 1 fully saturated rings. The molecular formula is C5H10N2. The number of rotatable bonds is 1. The zero-order valence-corrected chi connectivity index (χ0v) is 4.35. The zero-order chi connectivity index (χ0) is 5.11. The number of hydrogen-bond acceptors (Lipinski definition) is 0. The van der Waals surface area contributed by atoms with Gasteiger partial charge in [-0.3, -0.25) is 5.73 Å². The number of nitrogens with one attached hydrogen (secondary N) is 1. The summed E-state index contributed by atoms with van der Waals surface area (Å²) in [7, 11) is 0. The molecule has 0 spiro atoms. The minimum absolute atomic E-state index is 0.389. The molecule has 0 bridgehead atoms. The summed E-state index contributed by atoms with van der Waals surface area (Å²) in [5.41, 5.74) is 6.91. The Bertz CT molecular complexity index is 48.0. The van der Waals surface area contributed by atoms with Crippen molar-refractivity contribution in [2.24, 2.45) is 0 Å². The smallest absolute Gasteiger partial charge is 0.0385 e. The zero-order valence-electron chi connectivity index (χ0n) is 4.35. The summed E-state index contributed by atoms with van der Waals surface area (Å²) in [6.07, 6.45) is 2.37. The van der Waals surface area contributed by atoms with Crippen LogP contribution in [0.15, 0.2) is 0 Å². The van der Waals surface area contributed by atoms with Crippen molar-refractivity contribution in [2.75, 3.05) is 13.1 Å². The molecule has 0 aromatic rings. The van der Waals surface area contributed by atoms with Crippen LogP contribution < -0.4 is 11.1 Å². The molecular weight excluding hydrogens is 88.1 g/mol. The fourth-order valence-electron chi connectivity index (χ4n) is 0.859. The Labute approximate surface area is 44.1 Å². The van der Waals surface area contributed by atoms with Gasteiger partial charge >= 0.3 is 0 Å². The van der Waals surface area contributed by atoms with Crippen LogP contribution in [0, 0.1) is 0 Å². The summed E-state index contributed by atoms with van der Waals surface area (Å²) in [5.74, 6) is 0. The van der Waals surface area contributed by atoms with Crippen molar-refractivity contribution < 1.29 is 0 Å². The molecule has 2 nitrogen and oxygen atoms in total. The molecule has 7 heavy (non-hydrogen) atoms. The summed E-state index contributed by atoms with van der Waals surface area (Å²) in [4.78, 5) is 0. The molecule has 0 aromatic carbocycles. The van der Waals surface area contributed by atoms with E-state index in [2.05, 4.69) is 5.32 Å². The van der Waals surface area contributed by atoms with E-state index in [9.17, 15) is 0 Å². The third-order valence-electron chi connectivity index (χ3n) is 1.32. The Balaban J connectivity index is 2.14. The first-order valence-corrected chi connectivity index (χ1v) is 2.74. The summed E-state index contributed by atoms with van der Waals surface area (Å²) < 4.78 is 0. The normalized spacial score (nSPS) is 31.3. The van der Waals surface area contributed by atoms with E-state index in [-0.39, 0.29) is 0 Å². The summed E-state index contributed by atoms with van der Waals surface area (Å²) >= 11 is 0. The molecule has 2 heteroatoms. The van der Waals surface area contributed by atoms with Gasteiger partial charge < -0.3 is 0 Å². The van der Waals surface area contributed by atoms with Crippen molar-refractivity contribution in [1.82, 2.24) is 11.1 Å². The molecule has 0 aliphatic carbocycles. The van der Waals surface area contributed by atoms with Gasteiger partial charge in [-0.2, -0.15) is 0 Å². The molecule has 1 aliphatic rings. The molecule has 1 rings (SSSR count). The highest BCUT2D eigenvalue weighted by Crippen LogP contribution is 2.04. The molecule has 1 atom stereocenters. The second kappa shape index (κ2) is 2.28. The maximum atomic E-state index is 6.91. The maximum absolute atomic E-state index is 6.91. The number of hydrogen-bond donors (Lipinski definition) is 0. The van der Waals surface area contributed by atoms with Crippen LogP contribution in [-0.4, -0.2) is 19.1 Å². The maximum Gasteiger partial charge on any atom is 0.0385 e. The lowest BCUT2D eigenvalue weighted by atomic mass is 10.2. The van der Waals surface area contributed by atoms with E-state index in [4.69, 9.17) is 5.73 Å². The fourth-order valence-corrected chi connectivity index (χ4v) is 0.859. The van der Waals surface area contributed by atoms with Crippen molar-refractivity contribution in [3.05, 3.63) is 0 Å². The Morgan fingerprint density at radius 3 is 2.86 bits per heavy atom. The van der Waals surface area contributed by atoms with Gasteiger partial charge in [-0.25, -0.2) is 5.32 Å². The van der Waals surface area contributed by atoms with Gasteiger partial charge in [0.1, 0.15) is 0 Å². The molecule has 40 valence electrons. The minimum Gasteiger partial charge on any atom is -0.256 e. The van der Waals surface area contributed by atoms with Crippen LogP contribution >= 0.6 is 0 Å². The topological polar surface area (TPSA) is 37.9 Å². The third-order valence-corrected chi connectivity index (χ3v) is 1.32. The predicted octanol–water partition coefficient (Wildman–Crippen LogP) is 0.0361. The van der Waals surface area contributed by atoms with Crippen LogP contribution in [0.2, 0.25) is 0 Å². The van der Waals surface area contributed by atoms with Gasteiger partial charge in [0.05, 0.1) is 0 Å². The largest absolute Gasteiger partial charge is 0.256 e. The molecule has 0 unspecified atom stereocenters. The molecule has 0 amide bonds. The average molecular weight is 98.1 g/mol. The highest BCUT2D eigenvalue weighted by Gasteiger charge is 2.12. The molecule has 1 aliphatic heterocycles. The second-order valence-corrected chi connectivity index (χ2v) is 1.91. The monoisotopic (exact) mass is 98.1 g/mol. The van der Waals surface area contributed by atoms with Gasteiger partial charge in [-0.1, -0.05) is 0 Å². The van der Waals surface area contributed by atoms with Crippen LogP contribution in [0.25, 0.3) is 0 Å². The van der Waals surface area contributed by atoms with E-state index in [1.807, 2.05) is 0 Å². The van der Waals surface area contributed by atoms with E-state index < -0.39 is 0 Å². The summed E-state index contributed by atoms with van der Waals surface area (Å²) in [5, 5.41) is 4.17. The number of nitrogens with zero attached hydrogens (tertiary/aromatic N) is 1. The Hall–Kier alpha value is -0.0800. The fraction of sp³-hybridized carbons (Fsp3) is 1.00. The highest BCUT2D eigenvalue weighted by atomic mass is 15.0. The Morgan fingerprint density at radius 2 is 2.57 bits per heavy atom. The van der Waals surface area contributed by atoms with E-state index in [0.717, 1.165) is 13.0 Å². The molecule has 2 radical (unpaired) electrons. The van der Waals surface area contributed by atoms with Crippen molar-refractivity contribution >= 4 is 0 Å². The van der Waals surface area contributed by atoms with Gasteiger partial charge in [-0.15, -0.1) is 0 Å². The quantitative estimate of drug-likeness (QED) is 0.444. The first-order chi connectivity index (χ1) is 3.43. The molecule has 1 saturated heterocycles. The molecule has 1 N–H and O–H groups in total. The molecule has 0 saturated carbocycles. The van der Waals surface area contributed by atoms with Gasteiger partial charge in [0, 0.05) is 19.1 Å². The van der Waals surface area contributed by atoms with E-state index in [0.29, 0.717) is 12.6 Å². The Morgan fingerprint density at radius 1 is 1.71 bits per heavy atom.